The predicted molar refractivity (Wildman–Crippen MR) is 60.7 cm³/mol. The molecule has 6 nitrogen and oxygen atoms in total. The number of hydrogen-bond donors (Lipinski definition) is 1. The van der Waals surface area contributed by atoms with Crippen molar-refractivity contribution >= 4 is 11.3 Å². The number of rotatable bonds is 1. The maximum absolute atomic E-state index is 12.5. The van der Waals surface area contributed by atoms with E-state index in [-0.39, 0.29) is 22.6 Å². The molecular weight excluding hydrogens is 277 g/mol. The van der Waals surface area contributed by atoms with E-state index in [1.807, 2.05) is 0 Å². The largest absolute Gasteiger partial charge is 0.416 e. The van der Waals surface area contributed by atoms with Gasteiger partial charge in [0.2, 0.25) is 11.3 Å². The Labute approximate surface area is 108 Å². The Bertz CT molecular complexity index is 820. The van der Waals surface area contributed by atoms with Crippen molar-refractivity contribution < 1.29 is 17.8 Å². The zero-order chi connectivity index (χ0) is 14.3. The van der Waals surface area contributed by atoms with E-state index in [1.54, 1.807) is 0 Å². The maximum Gasteiger partial charge on any atom is 0.416 e. The lowest BCUT2D eigenvalue weighted by Crippen LogP contribution is -2.11. The highest BCUT2D eigenvalue weighted by atomic mass is 19.4. The van der Waals surface area contributed by atoms with Crippen molar-refractivity contribution in [3.05, 3.63) is 40.2 Å². The molecule has 9 heteroatoms. The molecule has 0 saturated carbocycles. The van der Waals surface area contributed by atoms with Gasteiger partial charge < -0.3 is 0 Å². The first kappa shape index (κ1) is 12.3. The summed E-state index contributed by atoms with van der Waals surface area (Å²) in [6.45, 7) is 0. The zero-order valence-corrected chi connectivity index (χ0v) is 9.60. The van der Waals surface area contributed by atoms with E-state index in [2.05, 4.69) is 24.9 Å². The van der Waals surface area contributed by atoms with Gasteiger partial charge in [-0.2, -0.15) is 13.2 Å². The highest BCUT2D eigenvalue weighted by molar-refractivity contribution is 5.68. The van der Waals surface area contributed by atoms with Crippen LogP contribution in [-0.2, 0) is 6.18 Å². The molecule has 102 valence electrons. The topological polar surface area (TPSA) is 84.7 Å². The fourth-order valence-electron chi connectivity index (χ4n) is 1.67. The molecular formula is C11H5F3N4O2. The van der Waals surface area contributed by atoms with Crippen LogP contribution in [0.15, 0.2) is 33.7 Å². The van der Waals surface area contributed by atoms with Crippen molar-refractivity contribution in [1.29, 1.82) is 0 Å². The lowest BCUT2D eigenvalue weighted by atomic mass is 10.1. The standard InChI is InChI=1S/C11H5F3N4O2/c12-11(13,14)6-3-1-5(2-4-6)7-10(19)16-9-8(15-7)17-20-18-9/h1-4H,(H,16,18,19). The van der Waals surface area contributed by atoms with E-state index < -0.39 is 17.3 Å². The highest BCUT2D eigenvalue weighted by Gasteiger charge is 2.30. The van der Waals surface area contributed by atoms with Gasteiger partial charge in [0.25, 0.3) is 5.56 Å². The predicted octanol–water partition coefficient (Wildman–Crippen LogP) is 1.99. The van der Waals surface area contributed by atoms with Gasteiger partial charge in [0, 0.05) is 5.56 Å². The SMILES string of the molecule is O=c1[nH]c2nonc2nc1-c1ccc(C(F)(F)F)cc1. The third-order valence-electron chi connectivity index (χ3n) is 2.62. The van der Waals surface area contributed by atoms with E-state index in [0.29, 0.717) is 0 Å². The van der Waals surface area contributed by atoms with Crippen LogP contribution in [0, 0.1) is 0 Å². The summed E-state index contributed by atoms with van der Waals surface area (Å²) in [5.41, 5.74) is -1.06. The molecule has 0 radical (unpaired) electrons. The Hall–Kier alpha value is -2.71. The third kappa shape index (κ3) is 2.02. The number of hydrogen-bond acceptors (Lipinski definition) is 5. The molecule has 0 aliphatic carbocycles. The first-order valence-corrected chi connectivity index (χ1v) is 5.35. The van der Waals surface area contributed by atoms with Crippen LogP contribution in [0.2, 0.25) is 0 Å². The summed E-state index contributed by atoms with van der Waals surface area (Å²) in [5.74, 6) is 0. The number of benzene rings is 1. The van der Waals surface area contributed by atoms with Gasteiger partial charge in [0.1, 0.15) is 5.69 Å². The number of nitrogens with zero attached hydrogens (tertiary/aromatic N) is 3. The number of H-pyrrole nitrogens is 1. The number of aromatic nitrogens is 4. The average Bonchev–Trinajstić information content (AvgIpc) is 2.84. The van der Waals surface area contributed by atoms with Gasteiger partial charge in [-0.3, -0.25) is 9.78 Å². The van der Waals surface area contributed by atoms with Crippen molar-refractivity contribution in [2.24, 2.45) is 0 Å². The van der Waals surface area contributed by atoms with Gasteiger partial charge in [-0.05, 0) is 22.4 Å². The van der Waals surface area contributed by atoms with Crippen LogP contribution in [0.25, 0.3) is 22.6 Å². The Morgan fingerprint density at radius 1 is 1.10 bits per heavy atom. The van der Waals surface area contributed by atoms with E-state index in [0.717, 1.165) is 12.1 Å². The molecule has 0 unspecified atom stereocenters. The number of aromatic amines is 1. The summed E-state index contributed by atoms with van der Waals surface area (Å²) < 4.78 is 41.8. The second-order valence-corrected chi connectivity index (χ2v) is 3.93. The summed E-state index contributed by atoms with van der Waals surface area (Å²) in [6, 6.07) is 4.09. The molecule has 2 heterocycles. The van der Waals surface area contributed by atoms with Crippen molar-refractivity contribution in [3.8, 4) is 11.3 Å². The average molecular weight is 282 g/mol. The van der Waals surface area contributed by atoms with Crippen LogP contribution in [0.1, 0.15) is 5.56 Å². The number of alkyl halides is 3. The Morgan fingerprint density at radius 2 is 1.80 bits per heavy atom. The van der Waals surface area contributed by atoms with Crippen molar-refractivity contribution in [2.45, 2.75) is 6.18 Å². The van der Waals surface area contributed by atoms with Gasteiger partial charge in [-0.15, -0.1) is 0 Å². The molecule has 0 amide bonds. The van der Waals surface area contributed by atoms with Crippen molar-refractivity contribution in [1.82, 2.24) is 20.3 Å². The zero-order valence-electron chi connectivity index (χ0n) is 9.60. The lowest BCUT2D eigenvalue weighted by molar-refractivity contribution is -0.137. The molecule has 3 rings (SSSR count). The Kier molecular flexibility index (Phi) is 2.56. The minimum absolute atomic E-state index is 0.0538. The van der Waals surface area contributed by atoms with E-state index in [1.165, 1.54) is 12.1 Å². The maximum atomic E-state index is 12.5. The first-order valence-electron chi connectivity index (χ1n) is 5.35. The van der Waals surface area contributed by atoms with Crippen LogP contribution in [0.3, 0.4) is 0 Å². The fraction of sp³-hybridized carbons (Fsp3) is 0.0909. The lowest BCUT2D eigenvalue weighted by Gasteiger charge is -2.06. The molecule has 1 N–H and O–H groups in total. The van der Waals surface area contributed by atoms with E-state index in [4.69, 9.17) is 0 Å². The third-order valence-corrected chi connectivity index (χ3v) is 2.62. The van der Waals surface area contributed by atoms with E-state index >= 15 is 0 Å². The van der Waals surface area contributed by atoms with Gasteiger partial charge in [-0.25, -0.2) is 9.61 Å². The second-order valence-electron chi connectivity index (χ2n) is 3.93. The minimum Gasteiger partial charge on any atom is -0.299 e. The first-order chi connectivity index (χ1) is 9.45. The van der Waals surface area contributed by atoms with Crippen LogP contribution >= 0.6 is 0 Å². The molecule has 20 heavy (non-hydrogen) atoms. The van der Waals surface area contributed by atoms with Crippen molar-refractivity contribution in [3.63, 3.8) is 0 Å². The summed E-state index contributed by atoms with van der Waals surface area (Å²) in [4.78, 5) is 18.0. The normalized spacial score (nSPS) is 11.9. The van der Waals surface area contributed by atoms with Gasteiger partial charge in [-0.1, -0.05) is 12.1 Å². The van der Waals surface area contributed by atoms with Gasteiger partial charge in [0.05, 0.1) is 5.56 Å². The molecule has 0 atom stereocenters. The summed E-state index contributed by atoms with van der Waals surface area (Å²) >= 11 is 0. The molecule has 3 aromatic rings. The molecule has 0 aliphatic heterocycles. The van der Waals surface area contributed by atoms with Gasteiger partial charge >= 0.3 is 6.18 Å². The molecule has 0 saturated heterocycles. The number of halogens is 3. The Balaban J connectivity index is 2.11. The minimum atomic E-state index is -4.43. The molecule has 0 spiro atoms. The molecule has 1 aromatic carbocycles. The summed E-state index contributed by atoms with van der Waals surface area (Å²) in [7, 11) is 0. The summed E-state index contributed by atoms with van der Waals surface area (Å²) in [6.07, 6.45) is -4.43. The fourth-order valence-corrected chi connectivity index (χ4v) is 1.67. The molecule has 0 aliphatic rings. The number of fused-ring (bicyclic) bond motifs is 1. The molecule has 2 aromatic heterocycles. The Morgan fingerprint density at radius 3 is 2.45 bits per heavy atom. The second kappa shape index (κ2) is 4.15. The smallest absolute Gasteiger partial charge is 0.299 e. The highest BCUT2D eigenvalue weighted by Crippen LogP contribution is 2.30. The van der Waals surface area contributed by atoms with Crippen LogP contribution in [0.5, 0.6) is 0 Å². The molecule has 0 bridgehead atoms. The van der Waals surface area contributed by atoms with Crippen LogP contribution in [0.4, 0.5) is 13.2 Å². The monoisotopic (exact) mass is 282 g/mol. The van der Waals surface area contributed by atoms with E-state index in [9.17, 15) is 18.0 Å². The van der Waals surface area contributed by atoms with Crippen molar-refractivity contribution in [2.75, 3.05) is 0 Å². The van der Waals surface area contributed by atoms with Gasteiger partial charge in [0.15, 0.2) is 0 Å². The summed E-state index contributed by atoms with van der Waals surface area (Å²) in [5, 5.41) is 6.86. The van der Waals surface area contributed by atoms with Crippen LogP contribution in [-0.4, -0.2) is 20.3 Å². The molecule has 0 fully saturated rings. The van der Waals surface area contributed by atoms with Crippen LogP contribution < -0.4 is 5.56 Å². The quantitative estimate of drug-likeness (QED) is 0.737. The number of nitrogens with one attached hydrogen (secondary N) is 1.